The first-order valence-electron chi connectivity index (χ1n) is 7.14. The van der Waals surface area contributed by atoms with E-state index in [4.69, 9.17) is 5.73 Å². The van der Waals surface area contributed by atoms with Crippen LogP contribution in [0.5, 0.6) is 0 Å². The van der Waals surface area contributed by atoms with E-state index >= 15 is 0 Å². The molecule has 0 aliphatic heterocycles. The fourth-order valence-electron chi connectivity index (χ4n) is 2.03. The Morgan fingerprint density at radius 3 is 2.71 bits per heavy atom. The molecule has 1 aromatic heterocycles. The molecular formula is C16H21N3OS. The minimum absolute atomic E-state index is 0.107. The molecule has 1 unspecified atom stereocenters. The van der Waals surface area contributed by atoms with Gasteiger partial charge in [-0.1, -0.05) is 37.3 Å². The molecule has 0 bridgehead atoms. The Balaban J connectivity index is 1.91. The van der Waals surface area contributed by atoms with Crippen LogP contribution >= 0.6 is 11.3 Å². The van der Waals surface area contributed by atoms with Gasteiger partial charge in [-0.3, -0.25) is 4.79 Å². The minimum atomic E-state index is -0.541. The summed E-state index contributed by atoms with van der Waals surface area (Å²) in [4.78, 5) is 17.7. The molecule has 1 amide bonds. The van der Waals surface area contributed by atoms with Crippen molar-refractivity contribution in [1.82, 2.24) is 10.3 Å². The van der Waals surface area contributed by atoms with Crippen molar-refractivity contribution in [2.75, 3.05) is 0 Å². The van der Waals surface area contributed by atoms with Gasteiger partial charge >= 0.3 is 0 Å². The number of nitrogens with zero attached hydrogens (tertiary/aromatic N) is 1. The number of nitrogens with one attached hydrogen (secondary N) is 1. The number of aryl methyl sites for hydroxylation is 1. The number of nitrogens with two attached hydrogens (primary N) is 1. The Kier molecular flexibility index (Phi) is 5.47. The highest BCUT2D eigenvalue weighted by Gasteiger charge is 2.18. The molecule has 0 saturated carbocycles. The lowest BCUT2D eigenvalue weighted by Gasteiger charge is -2.16. The summed E-state index contributed by atoms with van der Waals surface area (Å²) in [5.74, 6) is -0.139. The monoisotopic (exact) mass is 303 g/mol. The van der Waals surface area contributed by atoms with Crippen LogP contribution in [0.25, 0.3) is 0 Å². The number of thiazole rings is 1. The summed E-state index contributed by atoms with van der Waals surface area (Å²) in [5.41, 5.74) is 7.04. The number of aromatic nitrogens is 1. The average molecular weight is 303 g/mol. The molecule has 21 heavy (non-hydrogen) atoms. The summed E-state index contributed by atoms with van der Waals surface area (Å²) in [6.45, 7) is 4.03. The summed E-state index contributed by atoms with van der Waals surface area (Å²) < 4.78 is 0. The predicted octanol–water partition coefficient (Wildman–Crippen LogP) is 2.45. The Bertz CT molecular complexity index is 582. The quantitative estimate of drug-likeness (QED) is 0.861. The van der Waals surface area contributed by atoms with Gasteiger partial charge in [0.05, 0.1) is 12.1 Å². The third-order valence-corrected chi connectivity index (χ3v) is 4.61. The largest absolute Gasteiger partial charge is 0.346 e. The van der Waals surface area contributed by atoms with Crippen LogP contribution in [-0.4, -0.2) is 16.9 Å². The van der Waals surface area contributed by atoms with E-state index in [0.29, 0.717) is 6.42 Å². The molecule has 5 heteroatoms. The van der Waals surface area contributed by atoms with Gasteiger partial charge in [0, 0.05) is 11.1 Å². The van der Waals surface area contributed by atoms with Gasteiger partial charge in [-0.05, 0) is 25.3 Å². The van der Waals surface area contributed by atoms with E-state index < -0.39 is 6.04 Å². The van der Waals surface area contributed by atoms with Gasteiger partial charge < -0.3 is 11.1 Å². The Morgan fingerprint density at radius 1 is 1.38 bits per heavy atom. The maximum absolute atomic E-state index is 12.1. The Morgan fingerprint density at radius 2 is 2.10 bits per heavy atom. The molecule has 0 aliphatic carbocycles. The molecule has 2 aromatic rings. The average Bonchev–Trinajstić information content (AvgIpc) is 2.97. The molecule has 2 rings (SSSR count). The molecule has 0 fully saturated rings. The number of carbonyl (C=O) groups excluding carboxylic acids is 1. The highest BCUT2D eigenvalue weighted by Crippen LogP contribution is 2.20. The lowest BCUT2D eigenvalue weighted by molar-refractivity contribution is -0.123. The van der Waals surface area contributed by atoms with Crippen molar-refractivity contribution >= 4 is 17.2 Å². The predicted molar refractivity (Wildman–Crippen MR) is 86.2 cm³/mol. The van der Waals surface area contributed by atoms with Crippen LogP contribution in [0, 0.1) is 0 Å². The number of hydrogen-bond acceptors (Lipinski definition) is 4. The summed E-state index contributed by atoms with van der Waals surface area (Å²) in [5, 5.41) is 3.86. The van der Waals surface area contributed by atoms with Crippen molar-refractivity contribution < 1.29 is 4.79 Å². The molecule has 0 aliphatic rings. The second-order valence-electron chi connectivity index (χ2n) is 5.04. The molecule has 0 saturated heterocycles. The van der Waals surface area contributed by atoms with Crippen molar-refractivity contribution in [3.8, 4) is 0 Å². The zero-order valence-corrected chi connectivity index (χ0v) is 13.2. The fourth-order valence-corrected chi connectivity index (χ4v) is 2.89. The lowest BCUT2D eigenvalue weighted by Crippen LogP contribution is -2.42. The van der Waals surface area contributed by atoms with Crippen LogP contribution in [0.1, 0.15) is 35.3 Å². The first-order valence-corrected chi connectivity index (χ1v) is 7.96. The molecule has 3 N–H and O–H groups in total. The second kappa shape index (κ2) is 7.33. The van der Waals surface area contributed by atoms with Crippen LogP contribution in [-0.2, 0) is 17.6 Å². The number of benzene rings is 1. The van der Waals surface area contributed by atoms with Crippen molar-refractivity contribution in [3.63, 3.8) is 0 Å². The summed E-state index contributed by atoms with van der Waals surface area (Å²) in [7, 11) is 0. The number of hydrogen-bond donors (Lipinski definition) is 2. The summed E-state index contributed by atoms with van der Waals surface area (Å²) in [6, 6.07) is 9.15. The number of carbonyl (C=O) groups is 1. The third-order valence-electron chi connectivity index (χ3n) is 3.28. The SMILES string of the molecule is CCc1cnc(C(C)NC(=O)[C@H](N)Cc2ccccc2)s1. The third kappa shape index (κ3) is 4.37. The van der Waals surface area contributed by atoms with E-state index in [2.05, 4.69) is 17.2 Å². The summed E-state index contributed by atoms with van der Waals surface area (Å²) in [6.07, 6.45) is 3.37. The van der Waals surface area contributed by atoms with Gasteiger partial charge in [0.15, 0.2) is 0 Å². The zero-order chi connectivity index (χ0) is 15.2. The molecule has 2 atom stereocenters. The van der Waals surface area contributed by atoms with E-state index in [-0.39, 0.29) is 11.9 Å². The van der Waals surface area contributed by atoms with Crippen molar-refractivity contribution in [2.24, 2.45) is 5.73 Å². The van der Waals surface area contributed by atoms with Gasteiger partial charge in [-0.2, -0.15) is 0 Å². The fraction of sp³-hybridized carbons (Fsp3) is 0.375. The molecule has 112 valence electrons. The van der Waals surface area contributed by atoms with Crippen molar-refractivity contribution in [1.29, 1.82) is 0 Å². The maximum Gasteiger partial charge on any atom is 0.237 e. The zero-order valence-electron chi connectivity index (χ0n) is 12.4. The highest BCUT2D eigenvalue weighted by atomic mass is 32.1. The van der Waals surface area contributed by atoms with Crippen molar-refractivity contribution in [2.45, 2.75) is 38.8 Å². The topological polar surface area (TPSA) is 68.0 Å². The first-order chi connectivity index (χ1) is 10.1. The highest BCUT2D eigenvalue weighted by molar-refractivity contribution is 7.11. The minimum Gasteiger partial charge on any atom is -0.346 e. The van der Waals surface area contributed by atoms with E-state index in [1.807, 2.05) is 43.5 Å². The molecule has 0 radical (unpaired) electrons. The van der Waals surface area contributed by atoms with E-state index in [1.54, 1.807) is 11.3 Å². The number of rotatable bonds is 6. The molecule has 0 spiro atoms. The van der Waals surface area contributed by atoms with Gasteiger partial charge in [0.2, 0.25) is 5.91 Å². The summed E-state index contributed by atoms with van der Waals surface area (Å²) >= 11 is 1.63. The standard InChI is InChI=1S/C16H21N3OS/c1-3-13-10-18-16(21-13)11(2)19-15(20)14(17)9-12-7-5-4-6-8-12/h4-8,10-11,14H,3,9,17H2,1-2H3,(H,19,20)/t11?,14-/m1/s1. The van der Waals surface area contributed by atoms with Gasteiger partial charge in [0.25, 0.3) is 0 Å². The van der Waals surface area contributed by atoms with Crippen LogP contribution in [0.3, 0.4) is 0 Å². The smallest absolute Gasteiger partial charge is 0.237 e. The second-order valence-corrected chi connectivity index (χ2v) is 6.19. The number of amides is 1. The Labute approximate surface area is 129 Å². The van der Waals surface area contributed by atoms with E-state index in [0.717, 1.165) is 17.0 Å². The normalized spacial score (nSPS) is 13.7. The Hall–Kier alpha value is -1.72. The first kappa shape index (κ1) is 15.7. The van der Waals surface area contributed by atoms with E-state index in [1.165, 1.54) is 4.88 Å². The van der Waals surface area contributed by atoms with Gasteiger partial charge in [0.1, 0.15) is 5.01 Å². The maximum atomic E-state index is 12.1. The molecule has 1 aromatic carbocycles. The van der Waals surface area contributed by atoms with Crippen molar-refractivity contribution in [3.05, 3.63) is 52.0 Å². The molecular weight excluding hydrogens is 282 g/mol. The van der Waals surface area contributed by atoms with E-state index in [9.17, 15) is 4.79 Å². The van der Waals surface area contributed by atoms with Gasteiger partial charge in [-0.15, -0.1) is 11.3 Å². The lowest BCUT2D eigenvalue weighted by atomic mass is 10.1. The van der Waals surface area contributed by atoms with Crippen LogP contribution in [0.2, 0.25) is 0 Å². The molecule has 1 heterocycles. The van der Waals surface area contributed by atoms with Gasteiger partial charge in [-0.25, -0.2) is 4.98 Å². The van der Waals surface area contributed by atoms with Crippen LogP contribution in [0.4, 0.5) is 0 Å². The van der Waals surface area contributed by atoms with Crippen LogP contribution < -0.4 is 11.1 Å². The van der Waals surface area contributed by atoms with Crippen LogP contribution in [0.15, 0.2) is 36.5 Å². The molecule has 4 nitrogen and oxygen atoms in total.